The first-order chi connectivity index (χ1) is 27.8. The second-order valence-electron chi connectivity index (χ2n) is 14.5. The van der Waals surface area contributed by atoms with E-state index in [0.29, 0.717) is 0 Å². The van der Waals surface area contributed by atoms with E-state index in [9.17, 15) is 0 Å². The molecule has 11 rings (SSSR count). The molecule has 0 radical (unpaired) electrons. The average molecular weight is 714 g/mol. The van der Waals surface area contributed by atoms with Gasteiger partial charge in [0.25, 0.3) is 0 Å². The van der Waals surface area contributed by atoms with Gasteiger partial charge in [0.05, 0.1) is 0 Å². The van der Waals surface area contributed by atoms with E-state index in [-0.39, 0.29) is 0 Å². The smallest absolute Gasteiger partial charge is 0.136 e. The van der Waals surface area contributed by atoms with Gasteiger partial charge in [-0.2, -0.15) is 0 Å². The lowest BCUT2D eigenvalue weighted by molar-refractivity contribution is 0.669. The van der Waals surface area contributed by atoms with Crippen LogP contribution in [-0.2, 0) is 0 Å². The first-order valence-corrected chi connectivity index (χ1v) is 19.2. The number of rotatable bonds is 6. The number of benzene rings is 10. The van der Waals surface area contributed by atoms with Gasteiger partial charge in [0.15, 0.2) is 0 Å². The van der Waals surface area contributed by atoms with E-state index in [1.807, 2.05) is 12.1 Å². The highest BCUT2D eigenvalue weighted by atomic mass is 16.3. The van der Waals surface area contributed by atoms with Gasteiger partial charge in [-0.25, -0.2) is 0 Å². The minimum atomic E-state index is 0.894. The maximum absolute atomic E-state index is 6.31. The molecule has 10 aromatic carbocycles. The minimum Gasteiger partial charge on any atom is -0.456 e. The van der Waals surface area contributed by atoms with Crippen LogP contribution < -0.4 is 4.90 Å². The van der Waals surface area contributed by atoms with Crippen LogP contribution in [0.2, 0.25) is 0 Å². The molecule has 0 saturated carbocycles. The molecule has 1 aromatic heterocycles. The van der Waals surface area contributed by atoms with Crippen LogP contribution >= 0.6 is 0 Å². The predicted octanol–water partition coefficient (Wildman–Crippen LogP) is 15.5. The molecule has 11 aromatic rings. The molecule has 0 spiro atoms. The van der Waals surface area contributed by atoms with Crippen molar-refractivity contribution in [3.05, 3.63) is 212 Å². The predicted molar refractivity (Wildman–Crippen MR) is 237 cm³/mol. The largest absolute Gasteiger partial charge is 0.456 e. The Bertz CT molecular complexity index is 3260. The zero-order valence-corrected chi connectivity index (χ0v) is 30.6. The Hall–Kier alpha value is -7.42. The van der Waals surface area contributed by atoms with E-state index in [1.165, 1.54) is 54.6 Å². The van der Waals surface area contributed by atoms with E-state index in [4.69, 9.17) is 4.42 Å². The van der Waals surface area contributed by atoms with Crippen LogP contribution in [0.15, 0.2) is 217 Å². The lowest BCUT2D eigenvalue weighted by Gasteiger charge is -2.27. The van der Waals surface area contributed by atoms with E-state index in [1.54, 1.807) is 0 Å². The van der Waals surface area contributed by atoms with Gasteiger partial charge in [-0.3, -0.25) is 0 Å². The van der Waals surface area contributed by atoms with Crippen molar-refractivity contribution in [3.8, 4) is 33.4 Å². The molecule has 2 nitrogen and oxygen atoms in total. The quantitative estimate of drug-likeness (QED) is 0.160. The van der Waals surface area contributed by atoms with Gasteiger partial charge in [-0.1, -0.05) is 158 Å². The van der Waals surface area contributed by atoms with Crippen LogP contribution in [0.4, 0.5) is 17.1 Å². The molecule has 0 bridgehead atoms. The molecule has 0 fully saturated rings. The summed E-state index contributed by atoms with van der Waals surface area (Å²) in [6.45, 7) is 0. The van der Waals surface area contributed by atoms with Crippen LogP contribution in [-0.4, -0.2) is 0 Å². The Morgan fingerprint density at radius 2 is 0.839 bits per heavy atom. The summed E-state index contributed by atoms with van der Waals surface area (Å²) >= 11 is 0. The molecule has 1 heterocycles. The molecule has 0 atom stereocenters. The number of hydrogen-bond acceptors (Lipinski definition) is 2. The van der Waals surface area contributed by atoms with Crippen LogP contribution in [0.25, 0.3) is 87.6 Å². The van der Waals surface area contributed by atoms with Crippen LogP contribution in [0.5, 0.6) is 0 Å². The Labute approximate surface area is 325 Å². The maximum atomic E-state index is 6.31. The van der Waals surface area contributed by atoms with E-state index < -0.39 is 0 Å². The molecule has 0 N–H and O–H groups in total. The summed E-state index contributed by atoms with van der Waals surface area (Å²) in [6.07, 6.45) is 0. The minimum absolute atomic E-state index is 0.894. The molecule has 2 heteroatoms. The number of nitrogens with zero attached hydrogens (tertiary/aromatic N) is 1. The molecule has 262 valence electrons. The van der Waals surface area contributed by atoms with Gasteiger partial charge in [-0.15, -0.1) is 0 Å². The fourth-order valence-electron chi connectivity index (χ4n) is 8.65. The van der Waals surface area contributed by atoms with Gasteiger partial charge in [0, 0.05) is 27.8 Å². The Morgan fingerprint density at radius 1 is 0.286 bits per heavy atom. The van der Waals surface area contributed by atoms with Gasteiger partial charge < -0.3 is 9.32 Å². The van der Waals surface area contributed by atoms with Crippen molar-refractivity contribution in [2.75, 3.05) is 4.90 Å². The number of furan rings is 1. The summed E-state index contributed by atoms with van der Waals surface area (Å²) in [5.41, 5.74) is 12.1. The standard InChI is InChI=1S/C54H35NO/c1-3-20-44-36(13-1)15-11-25-45(44)37-29-31-41(32-30-37)55(42-18-9-16-38(33-42)47-26-12-28-53-54(47)50-24-7-8-27-52(50)56-53)43-19-10-17-39(34-43)51-35-40-14-2-4-21-46(40)48-22-5-6-23-49(48)51/h1-35H. The SMILES string of the molecule is c1cc(-c2cc3ccccc3c3ccccc23)cc(N(c2ccc(-c3cccc4ccccc34)cc2)c2cccc(-c3cccc4oc5ccccc5c34)c2)c1. The number of fused-ring (bicyclic) bond motifs is 7. The molecule has 0 amide bonds. The average Bonchev–Trinajstić information content (AvgIpc) is 3.66. The summed E-state index contributed by atoms with van der Waals surface area (Å²) < 4.78 is 6.31. The Kier molecular flexibility index (Phi) is 7.53. The highest BCUT2D eigenvalue weighted by molar-refractivity contribution is 6.14. The molecular weight excluding hydrogens is 679 g/mol. The fourth-order valence-corrected chi connectivity index (χ4v) is 8.65. The Balaban J connectivity index is 1.09. The van der Waals surface area contributed by atoms with E-state index in [0.717, 1.165) is 50.1 Å². The van der Waals surface area contributed by atoms with Gasteiger partial charge in [0.2, 0.25) is 0 Å². The summed E-state index contributed by atoms with van der Waals surface area (Å²) in [5, 5.41) is 9.78. The maximum Gasteiger partial charge on any atom is 0.136 e. The second-order valence-corrected chi connectivity index (χ2v) is 14.5. The lowest BCUT2D eigenvalue weighted by atomic mass is 9.93. The van der Waals surface area contributed by atoms with Crippen LogP contribution in [0.1, 0.15) is 0 Å². The highest BCUT2D eigenvalue weighted by Crippen LogP contribution is 2.43. The van der Waals surface area contributed by atoms with E-state index >= 15 is 0 Å². The molecule has 0 aliphatic carbocycles. The normalized spacial score (nSPS) is 11.6. The van der Waals surface area contributed by atoms with Crippen molar-refractivity contribution in [1.82, 2.24) is 0 Å². The Morgan fingerprint density at radius 3 is 1.62 bits per heavy atom. The van der Waals surface area contributed by atoms with Gasteiger partial charge in [0.1, 0.15) is 11.2 Å². The summed E-state index contributed by atoms with van der Waals surface area (Å²) in [4.78, 5) is 2.39. The third-order valence-electron chi connectivity index (χ3n) is 11.2. The van der Waals surface area contributed by atoms with Crippen molar-refractivity contribution >= 4 is 71.3 Å². The van der Waals surface area contributed by atoms with Crippen molar-refractivity contribution in [2.45, 2.75) is 0 Å². The van der Waals surface area contributed by atoms with Gasteiger partial charge in [-0.05, 0) is 120 Å². The van der Waals surface area contributed by atoms with Crippen molar-refractivity contribution in [3.63, 3.8) is 0 Å². The van der Waals surface area contributed by atoms with Crippen LogP contribution in [0, 0.1) is 0 Å². The van der Waals surface area contributed by atoms with Gasteiger partial charge >= 0.3 is 0 Å². The molecule has 0 aliphatic heterocycles. The number of hydrogen-bond donors (Lipinski definition) is 0. The van der Waals surface area contributed by atoms with Crippen molar-refractivity contribution < 1.29 is 4.42 Å². The van der Waals surface area contributed by atoms with Crippen molar-refractivity contribution in [2.24, 2.45) is 0 Å². The number of para-hydroxylation sites is 1. The van der Waals surface area contributed by atoms with Crippen molar-refractivity contribution in [1.29, 1.82) is 0 Å². The third kappa shape index (κ3) is 5.34. The highest BCUT2D eigenvalue weighted by Gasteiger charge is 2.18. The second kappa shape index (κ2) is 13.2. The summed E-state index contributed by atoms with van der Waals surface area (Å²) in [7, 11) is 0. The molecule has 0 saturated heterocycles. The summed E-state index contributed by atoms with van der Waals surface area (Å²) in [6, 6.07) is 76.6. The fraction of sp³-hybridized carbons (Fsp3) is 0. The molecule has 0 aliphatic rings. The zero-order chi connectivity index (χ0) is 37.0. The lowest BCUT2D eigenvalue weighted by Crippen LogP contribution is -2.10. The van der Waals surface area contributed by atoms with E-state index in [2.05, 4.69) is 205 Å². The first kappa shape index (κ1) is 32.0. The summed E-state index contributed by atoms with van der Waals surface area (Å²) in [5.74, 6) is 0. The van der Waals surface area contributed by atoms with Crippen LogP contribution in [0.3, 0.4) is 0 Å². The number of anilines is 3. The molecule has 0 unspecified atom stereocenters. The first-order valence-electron chi connectivity index (χ1n) is 19.2. The molecular formula is C54H35NO. The third-order valence-corrected chi connectivity index (χ3v) is 11.2. The monoisotopic (exact) mass is 713 g/mol. The zero-order valence-electron chi connectivity index (χ0n) is 30.6. The topological polar surface area (TPSA) is 16.4 Å². The molecule has 56 heavy (non-hydrogen) atoms.